The van der Waals surface area contributed by atoms with Gasteiger partial charge in [0.15, 0.2) is 0 Å². The molecule has 2 rings (SSSR count). The van der Waals surface area contributed by atoms with Crippen molar-refractivity contribution in [3.05, 3.63) is 70.2 Å². The summed E-state index contributed by atoms with van der Waals surface area (Å²) in [4.78, 5) is 12.2. The lowest BCUT2D eigenvalue weighted by atomic mass is 9.96. The molecule has 1 amide bonds. The number of halogens is 1. The number of hydrogen-bond donors (Lipinski definition) is 1. The Morgan fingerprint density at radius 1 is 1.19 bits per heavy atom. The van der Waals surface area contributed by atoms with Gasteiger partial charge < -0.3 is 0 Å². The topological polar surface area (TPSA) is 41.5 Å². The highest BCUT2D eigenvalue weighted by Gasteiger charge is 2.17. The third-order valence-electron chi connectivity index (χ3n) is 3.19. The van der Waals surface area contributed by atoms with E-state index in [2.05, 4.69) is 26.5 Å². The molecule has 0 fully saturated rings. The van der Waals surface area contributed by atoms with E-state index in [0.29, 0.717) is 0 Å². The minimum atomic E-state index is -0.173. The number of hydrogen-bond acceptors (Lipinski definition) is 2. The minimum absolute atomic E-state index is 0.0861. The van der Waals surface area contributed by atoms with Crippen LogP contribution in [-0.4, -0.2) is 12.1 Å². The molecular weight excluding hydrogens is 328 g/mol. The molecule has 0 radical (unpaired) electrons. The van der Waals surface area contributed by atoms with E-state index in [1.54, 1.807) is 6.21 Å². The Morgan fingerprint density at radius 2 is 1.86 bits per heavy atom. The third-order valence-corrected chi connectivity index (χ3v) is 3.71. The quantitative estimate of drug-likeness (QED) is 0.644. The third kappa shape index (κ3) is 4.53. The zero-order valence-corrected chi connectivity index (χ0v) is 13.4. The van der Waals surface area contributed by atoms with Crippen LogP contribution in [0, 0.1) is 0 Å². The highest BCUT2D eigenvalue weighted by atomic mass is 79.9. The number of amides is 1. The number of carbonyl (C=O) groups excluding carboxylic acids is 1. The first-order valence-corrected chi connectivity index (χ1v) is 7.63. The summed E-state index contributed by atoms with van der Waals surface area (Å²) in [6.45, 7) is 2.00. The molecule has 0 aromatic heterocycles. The van der Waals surface area contributed by atoms with Gasteiger partial charge in [0, 0.05) is 4.47 Å². The Balaban J connectivity index is 1.98. The number of hydrazone groups is 1. The molecule has 4 heteroatoms. The lowest BCUT2D eigenvalue weighted by Gasteiger charge is -2.12. The predicted octanol–water partition coefficient (Wildman–Crippen LogP) is 4.09. The van der Waals surface area contributed by atoms with Gasteiger partial charge in [-0.3, -0.25) is 4.79 Å². The highest BCUT2D eigenvalue weighted by Crippen LogP contribution is 2.19. The zero-order chi connectivity index (χ0) is 15.1. The normalized spacial score (nSPS) is 12.3. The molecule has 3 nitrogen and oxygen atoms in total. The molecule has 0 heterocycles. The number of benzene rings is 2. The minimum Gasteiger partial charge on any atom is -0.272 e. The standard InChI is InChI=1S/C17H17BrN2O/c1-2-16(14-6-4-3-5-7-14)17(21)20-19-12-13-8-10-15(18)11-9-13/h3-12,16H,2H2,1H3,(H,20,21). The largest absolute Gasteiger partial charge is 0.272 e. The molecule has 0 aliphatic heterocycles. The van der Waals surface area contributed by atoms with Gasteiger partial charge >= 0.3 is 0 Å². The molecule has 21 heavy (non-hydrogen) atoms. The average molecular weight is 345 g/mol. The van der Waals surface area contributed by atoms with Crippen LogP contribution in [0.15, 0.2) is 64.2 Å². The van der Waals surface area contributed by atoms with Crippen LogP contribution in [0.1, 0.15) is 30.4 Å². The van der Waals surface area contributed by atoms with Crippen molar-refractivity contribution in [3.63, 3.8) is 0 Å². The molecule has 0 bridgehead atoms. The summed E-state index contributed by atoms with van der Waals surface area (Å²) >= 11 is 3.38. The van der Waals surface area contributed by atoms with E-state index in [0.717, 1.165) is 22.0 Å². The molecule has 0 saturated carbocycles. The second-order valence-corrected chi connectivity index (χ2v) is 5.57. The average Bonchev–Trinajstić information content (AvgIpc) is 2.51. The summed E-state index contributed by atoms with van der Waals surface area (Å²) < 4.78 is 1.01. The number of nitrogens with zero attached hydrogens (tertiary/aromatic N) is 1. The first kappa shape index (κ1) is 15.4. The Hall–Kier alpha value is -1.94. The van der Waals surface area contributed by atoms with Crippen molar-refractivity contribution in [3.8, 4) is 0 Å². The molecule has 0 aliphatic rings. The van der Waals surface area contributed by atoms with Gasteiger partial charge in [-0.05, 0) is 29.7 Å². The van der Waals surface area contributed by atoms with E-state index >= 15 is 0 Å². The molecule has 2 aromatic carbocycles. The molecule has 0 spiro atoms. The van der Waals surface area contributed by atoms with Crippen LogP contribution in [0.25, 0.3) is 0 Å². The molecular formula is C17H17BrN2O. The molecule has 108 valence electrons. The maximum absolute atomic E-state index is 12.2. The van der Waals surface area contributed by atoms with Gasteiger partial charge in [0.2, 0.25) is 5.91 Å². The van der Waals surface area contributed by atoms with Crippen LogP contribution < -0.4 is 5.43 Å². The fourth-order valence-corrected chi connectivity index (χ4v) is 2.32. The smallest absolute Gasteiger partial charge is 0.247 e. The number of nitrogens with one attached hydrogen (secondary N) is 1. The maximum atomic E-state index is 12.2. The fraction of sp³-hybridized carbons (Fsp3) is 0.176. The number of rotatable bonds is 5. The van der Waals surface area contributed by atoms with Gasteiger partial charge in [0.05, 0.1) is 12.1 Å². The Bertz CT molecular complexity index is 608. The molecule has 0 saturated heterocycles. The van der Waals surface area contributed by atoms with Gasteiger partial charge in [-0.15, -0.1) is 0 Å². The van der Waals surface area contributed by atoms with E-state index < -0.39 is 0 Å². The molecule has 1 atom stereocenters. The van der Waals surface area contributed by atoms with Gasteiger partial charge in [0.1, 0.15) is 0 Å². The van der Waals surface area contributed by atoms with E-state index in [-0.39, 0.29) is 11.8 Å². The van der Waals surface area contributed by atoms with Crippen molar-refractivity contribution in [1.29, 1.82) is 0 Å². The van der Waals surface area contributed by atoms with Crippen molar-refractivity contribution >= 4 is 28.1 Å². The first-order chi connectivity index (χ1) is 10.2. The monoisotopic (exact) mass is 344 g/mol. The van der Waals surface area contributed by atoms with Crippen LogP contribution in [0.4, 0.5) is 0 Å². The second-order valence-electron chi connectivity index (χ2n) is 4.66. The zero-order valence-electron chi connectivity index (χ0n) is 11.8. The van der Waals surface area contributed by atoms with Crippen molar-refractivity contribution in [2.45, 2.75) is 19.3 Å². The van der Waals surface area contributed by atoms with Gasteiger partial charge in [-0.2, -0.15) is 5.10 Å². The maximum Gasteiger partial charge on any atom is 0.247 e. The van der Waals surface area contributed by atoms with Crippen LogP contribution in [-0.2, 0) is 4.79 Å². The Kier molecular flexibility index (Phi) is 5.69. The van der Waals surface area contributed by atoms with E-state index in [9.17, 15) is 4.79 Å². The SMILES string of the molecule is CCC(C(=O)NN=Cc1ccc(Br)cc1)c1ccccc1. The molecule has 1 N–H and O–H groups in total. The summed E-state index contributed by atoms with van der Waals surface area (Å²) in [5.41, 5.74) is 4.56. The summed E-state index contributed by atoms with van der Waals surface area (Å²) in [6, 6.07) is 17.5. The molecule has 1 unspecified atom stereocenters. The van der Waals surface area contributed by atoms with Crippen molar-refractivity contribution in [2.24, 2.45) is 5.10 Å². The Labute approximate surface area is 133 Å². The lowest BCUT2D eigenvalue weighted by Crippen LogP contribution is -2.25. The van der Waals surface area contributed by atoms with Crippen LogP contribution in [0.5, 0.6) is 0 Å². The Morgan fingerprint density at radius 3 is 2.48 bits per heavy atom. The lowest BCUT2D eigenvalue weighted by molar-refractivity contribution is -0.122. The second kappa shape index (κ2) is 7.74. The molecule has 0 aliphatic carbocycles. The van der Waals surface area contributed by atoms with Gasteiger partial charge in [-0.1, -0.05) is 65.3 Å². The molecule has 2 aromatic rings. The fourth-order valence-electron chi connectivity index (χ4n) is 2.06. The first-order valence-electron chi connectivity index (χ1n) is 6.84. The summed E-state index contributed by atoms with van der Waals surface area (Å²) in [5.74, 6) is -0.259. The summed E-state index contributed by atoms with van der Waals surface area (Å²) in [7, 11) is 0. The summed E-state index contributed by atoms with van der Waals surface area (Å²) in [5, 5.41) is 4.03. The number of carbonyl (C=O) groups is 1. The highest BCUT2D eigenvalue weighted by molar-refractivity contribution is 9.10. The van der Waals surface area contributed by atoms with Gasteiger partial charge in [-0.25, -0.2) is 5.43 Å². The van der Waals surface area contributed by atoms with Crippen molar-refractivity contribution in [2.75, 3.05) is 0 Å². The van der Waals surface area contributed by atoms with Crippen molar-refractivity contribution < 1.29 is 4.79 Å². The van der Waals surface area contributed by atoms with Crippen LogP contribution in [0.2, 0.25) is 0 Å². The van der Waals surface area contributed by atoms with E-state index in [1.807, 2.05) is 61.5 Å². The summed E-state index contributed by atoms with van der Waals surface area (Å²) in [6.07, 6.45) is 2.38. The van der Waals surface area contributed by atoms with Crippen LogP contribution in [0.3, 0.4) is 0 Å². The van der Waals surface area contributed by atoms with Gasteiger partial charge in [0.25, 0.3) is 0 Å². The van der Waals surface area contributed by atoms with Crippen molar-refractivity contribution in [1.82, 2.24) is 5.43 Å². The van der Waals surface area contributed by atoms with E-state index in [1.165, 1.54) is 0 Å². The van der Waals surface area contributed by atoms with E-state index in [4.69, 9.17) is 0 Å². The predicted molar refractivity (Wildman–Crippen MR) is 89.4 cm³/mol. The van der Waals surface area contributed by atoms with Crippen LogP contribution >= 0.6 is 15.9 Å².